The van der Waals surface area contributed by atoms with Crippen molar-refractivity contribution in [2.24, 2.45) is 11.3 Å². The molecule has 12 heavy (non-hydrogen) atoms. The van der Waals surface area contributed by atoms with E-state index in [4.69, 9.17) is 9.84 Å². The molecule has 0 heterocycles. The number of carbonyl (C=O) groups is 1. The molecule has 0 unspecified atom stereocenters. The molecule has 0 radical (unpaired) electrons. The van der Waals surface area contributed by atoms with Gasteiger partial charge >= 0.3 is 5.97 Å². The van der Waals surface area contributed by atoms with Crippen molar-refractivity contribution < 1.29 is 14.6 Å². The molecule has 2 rings (SSSR count). The van der Waals surface area contributed by atoms with Crippen LogP contribution in [0.3, 0.4) is 0 Å². The van der Waals surface area contributed by atoms with E-state index >= 15 is 0 Å². The van der Waals surface area contributed by atoms with Gasteiger partial charge in [0.1, 0.15) is 0 Å². The van der Waals surface area contributed by atoms with Gasteiger partial charge in [-0.2, -0.15) is 0 Å². The Labute approximate surface area is 71.7 Å². The second kappa shape index (κ2) is 2.46. The van der Waals surface area contributed by atoms with Gasteiger partial charge in [0.25, 0.3) is 0 Å². The highest BCUT2D eigenvalue weighted by Gasteiger charge is 2.65. The molecule has 2 aliphatic carbocycles. The molecule has 1 N–H and O–H groups in total. The van der Waals surface area contributed by atoms with Crippen molar-refractivity contribution in [3.63, 3.8) is 0 Å². The van der Waals surface area contributed by atoms with Crippen molar-refractivity contribution in [3.8, 4) is 0 Å². The summed E-state index contributed by atoms with van der Waals surface area (Å²) in [5, 5.41) is 8.73. The molecule has 2 saturated carbocycles. The number of ether oxygens (including phenoxy) is 1. The standard InChI is InChI=1S/C9H14O3/c1-2-12-6-3-9(4-6)5-7(9)8(10)11/h6-7H,2-5H2,1H3,(H,10,11)/t6?,7-,9?/m0/s1. The van der Waals surface area contributed by atoms with Crippen LogP contribution in [-0.2, 0) is 9.53 Å². The molecular weight excluding hydrogens is 156 g/mol. The van der Waals surface area contributed by atoms with Gasteiger partial charge in [-0.3, -0.25) is 4.79 Å². The molecule has 3 nitrogen and oxygen atoms in total. The van der Waals surface area contributed by atoms with Crippen molar-refractivity contribution in [2.45, 2.75) is 32.3 Å². The second-order valence-corrected chi connectivity index (χ2v) is 3.94. The molecule has 1 atom stereocenters. The van der Waals surface area contributed by atoms with E-state index in [-0.39, 0.29) is 11.3 Å². The highest BCUT2D eigenvalue weighted by molar-refractivity contribution is 5.75. The van der Waals surface area contributed by atoms with Crippen LogP contribution in [0.2, 0.25) is 0 Å². The van der Waals surface area contributed by atoms with Crippen LogP contribution in [0.1, 0.15) is 26.2 Å². The summed E-state index contributed by atoms with van der Waals surface area (Å²) in [7, 11) is 0. The Morgan fingerprint density at radius 2 is 2.25 bits per heavy atom. The first-order valence-electron chi connectivity index (χ1n) is 4.52. The number of rotatable bonds is 3. The van der Waals surface area contributed by atoms with E-state index in [9.17, 15) is 4.79 Å². The summed E-state index contributed by atoms with van der Waals surface area (Å²) in [5.41, 5.74) is 0.158. The molecule has 0 aromatic carbocycles. The summed E-state index contributed by atoms with van der Waals surface area (Å²) in [5.74, 6) is -0.681. The average molecular weight is 170 g/mol. The molecule has 3 heteroatoms. The fourth-order valence-corrected chi connectivity index (χ4v) is 2.35. The van der Waals surface area contributed by atoms with Crippen molar-refractivity contribution in [3.05, 3.63) is 0 Å². The number of carboxylic acid groups (broad SMARTS) is 1. The predicted octanol–water partition coefficient (Wildman–Crippen LogP) is 1.28. The largest absolute Gasteiger partial charge is 0.481 e. The Kier molecular flexibility index (Phi) is 1.65. The van der Waals surface area contributed by atoms with E-state index in [1.54, 1.807) is 0 Å². The minimum absolute atomic E-state index is 0.0609. The van der Waals surface area contributed by atoms with E-state index in [0.29, 0.717) is 6.10 Å². The molecule has 1 spiro atoms. The van der Waals surface area contributed by atoms with E-state index in [1.807, 2.05) is 6.92 Å². The second-order valence-electron chi connectivity index (χ2n) is 3.94. The van der Waals surface area contributed by atoms with Crippen LogP contribution >= 0.6 is 0 Å². The Morgan fingerprint density at radius 1 is 1.58 bits per heavy atom. The van der Waals surface area contributed by atoms with Gasteiger partial charge in [-0.1, -0.05) is 0 Å². The van der Waals surface area contributed by atoms with Crippen LogP contribution in [0.25, 0.3) is 0 Å². The summed E-state index contributed by atoms with van der Waals surface area (Å²) >= 11 is 0. The molecule has 68 valence electrons. The van der Waals surface area contributed by atoms with Gasteiger partial charge in [-0.05, 0) is 31.6 Å². The lowest BCUT2D eigenvalue weighted by molar-refractivity contribution is -0.141. The summed E-state index contributed by atoms with van der Waals surface area (Å²) in [6.45, 7) is 2.73. The predicted molar refractivity (Wildman–Crippen MR) is 42.8 cm³/mol. The number of hydrogen-bond donors (Lipinski definition) is 1. The van der Waals surface area contributed by atoms with Gasteiger partial charge in [0, 0.05) is 6.61 Å². The van der Waals surface area contributed by atoms with Crippen molar-refractivity contribution >= 4 is 5.97 Å². The Morgan fingerprint density at radius 3 is 2.67 bits per heavy atom. The summed E-state index contributed by atoms with van der Waals surface area (Å²) in [6.07, 6.45) is 3.17. The minimum Gasteiger partial charge on any atom is -0.481 e. The molecule has 0 saturated heterocycles. The van der Waals surface area contributed by atoms with Gasteiger partial charge in [0.15, 0.2) is 0 Å². The van der Waals surface area contributed by atoms with Crippen LogP contribution in [0.4, 0.5) is 0 Å². The van der Waals surface area contributed by atoms with Crippen LogP contribution in [-0.4, -0.2) is 23.8 Å². The van der Waals surface area contributed by atoms with Crippen LogP contribution in [0.15, 0.2) is 0 Å². The monoisotopic (exact) mass is 170 g/mol. The highest BCUT2D eigenvalue weighted by Crippen LogP contribution is 2.66. The number of aliphatic carboxylic acids is 1. The molecule has 0 aromatic rings. The summed E-state index contributed by atoms with van der Waals surface area (Å²) < 4.78 is 5.39. The lowest BCUT2D eigenvalue weighted by Crippen LogP contribution is -2.35. The Hall–Kier alpha value is -0.570. The molecule has 2 fully saturated rings. The fourth-order valence-electron chi connectivity index (χ4n) is 2.35. The van der Waals surface area contributed by atoms with Gasteiger partial charge < -0.3 is 9.84 Å². The zero-order chi connectivity index (χ0) is 8.77. The van der Waals surface area contributed by atoms with E-state index in [2.05, 4.69) is 0 Å². The van der Waals surface area contributed by atoms with Crippen molar-refractivity contribution in [1.82, 2.24) is 0 Å². The maximum atomic E-state index is 10.6. The third kappa shape index (κ3) is 1.04. The molecule has 0 amide bonds. The SMILES string of the molecule is CCOC1CC2(C1)C[C@H]2C(=O)O. The first-order valence-corrected chi connectivity index (χ1v) is 4.52. The van der Waals surface area contributed by atoms with Crippen LogP contribution < -0.4 is 0 Å². The average Bonchev–Trinajstić information content (AvgIpc) is 2.62. The zero-order valence-corrected chi connectivity index (χ0v) is 7.25. The highest BCUT2D eigenvalue weighted by atomic mass is 16.5. The van der Waals surface area contributed by atoms with Gasteiger partial charge in [-0.15, -0.1) is 0 Å². The fraction of sp³-hybridized carbons (Fsp3) is 0.889. The maximum Gasteiger partial charge on any atom is 0.307 e. The minimum atomic E-state index is -0.620. The van der Waals surface area contributed by atoms with E-state index < -0.39 is 5.97 Å². The van der Waals surface area contributed by atoms with E-state index in [1.165, 1.54) is 0 Å². The molecular formula is C9H14O3. The number of carboxylic acids is 1. The normalized spacial score (nSPS) is 44.1. The number of hydrogen-bond acceptors (Lipinski definition) is 2. The van der Waals surface area contributed by atoms with Crippen LogP contribution in [0, 0.1) is 11.3 Å². The van der Waals surface area contributed by atoms with Gasteiger partial charge in [0.2, 0.25) is 0 Å². The van der Waals surface area contributed by atoms with Gasteiger partial charge in [-0.25, -0.2) is 0 Å². The first kappa shape index (κ1) is 8.05. The summed E-state index contributed by atoms with van der Waals surface area (Å²) in [4.78, 5) is 10.6. The van der Waals surface area contributed by atoms with Gasteiger partial charge in [0.05, 0.1) is 12.0 Å². The van der Waals surface area contributed by atoms with Crippen molar-refractivity contribution in [1.29, 1.82) is 0 Å². The molecule has 0 bridgehead atoms. The molecule has 2 aliphatic rings. The smallest absolute Gasteiger partial charge is 0.307 e. The maximum absolute atomic E-state index is 10.6. The molecule has 0 aromatic heterocycles. The third-order valence-corrected chi connectivity index (χ3v) is 3.16. The van der Waals surface area contributed by atoms with Crippen molar-refractivity contribution in [2.75, 3.05) is 6.61 Å². The first-order chi connectivity index (χ1) is 5.68. The third-order valence-electron chi connectivity index (χ3n) is 3.16. The topological polar surface area (TPSA) is 46.5 Å². The zero-order valence-electron chi connectivity index (χ0n) is 7.25. The summed E-state index contributed by atoms with van der Waals surface area (Å²) in [6, 6.07) is 0. The van der Waals surface area contributed by atoms with Crippen LogP contribution in [0.5, 0.6) is 0 Å². The Balaban J connectivity index is 1.79. The lowest BCUT2D eigenvalue weighted by atomic mass is 9.77. The quantitative estimate of drug-likeness (QED) is 0.694. The lowest BCUT2D eigenvalue weighted by Gasteiger charge is -2.35. The van der Waals surface area contributed by atoms with E-state index in [0.717, 1.165) is 25.9 Å². The Bertz CT molecular complexity index is 206. The molecule has 0 aliphatic heterocycles.